The van der Waals surface area contributed by atoms with Crippen LogP contribution in [0.25, 0.3) is 22.3 Å². The molecule has 3 fully saturated rings. The summed E-state index contributed by atoms with van der Waals surface area (Å²) >= 11 is 0. The Labute approximate surface area is 253 Å². The maximum Gasteiger partial charge on any atom is 0.472 e. The molecule has 0 spiro atoms. The molecule has 23 nitrogen and oxygen atoms in total. The van der Waals surface area contributed by atoms with Crippen LogP contribution in [0.15, 0.2) is 17.4 Å². The molecule has 4 aromatic rings. The van der Waals surface area contributed by atoms with Crippen molar-refractivity contribution < 1.29 is 61.1 Å². The Hall–Kier alpha value is -3.51. The number of anilines is 2. The second kappa shape index (κ2) is 11.0. The Bertz CT molecular complexity index is 1990. The van der Waals surface area contributed by atoms with Crippen LogP contribution in [0.1, 0.15) is 12.5 Å². The molecular weight excluding hydrogens is 669 g/mol. The Morgan fingerprint density at radius 1 is 0.913 bits per heavy atom. The number of hydrogen-bond donors (Lipinski definition) is 6. The van der Waals surface area contributed by atoms with Crippen LogP contribution in [0, 0.1) is 6.08 Å². The molecular formula is C20H22FN10O13P2-. The highest BCUT2D eigenvalue weighted by Crippen LogP contribution is 2.52. The summed E-state index contributed by atoms with van der Waals surface area (Å²) in [6.45, 7) is -1.85. The van der Waals surface area contributed by atoms with Crippen LogP contribution in [0.3, 0.4) is 0 Å². The number of imidazole rings is 2. The van der Waals surface area contributed by atoms with Gasteiger partial charge in [-0.15, -0.1) is 0 Å². The van der Waals surface area contributed by atoms with Crippen LogP contribution >= 0.6 is 15.6 Å². The lowest BCUT2D eigenvalue weighted by Gasteiger charge is -2.31. The summed E-state index contributed by atoms with van der Waals surface area (Å²) in [5.74, 6) is -0.648. The smallest absolute Gasteiger partial charge is 0.472 e. The zero-order valence-electron chi connectivity index (χ0n) is 22.7. The predicted molar refractivity (Wildman–Crippen MR) is 141 cm³/mol. The van der Waals surface area contributed by atoms with Gasteiger partial charge in [-0.05, 0) is 0 Å². The minimum Gasteiger partial charge on any atom is -0.756 e. The van der Waals surface area contributed by atoms with E-state index in [1.54, 1.807) is 0 Å². The molecule has 0 saturated carbocycles. The molecule has 46 heavy (non-hydrogen) atoms. The third-order valence-corrected chi connectivity index (χ3v) is 9.30. The lowest BCUT2D eigenvalue weighted by Crippen LogP contribution is -2.37. The highest BCUT2D eigenvalue weighted by molar-refractivity contribution is 7.47. The summed E-state index contributed by atoms with van der Waals surface area (Å²) in [5, 5.41) is 22.0. The molecule has 248 valence electrons. The molecule has 26 heteroatoms. The number of aliphatic hydroxyl groups is 2. The average Bonchev–Trinajstić information content (AvgIpc) is 3.72. The first kappa shape index (κ1) is 31.1. The Morgan fingerprint density at radius 2 is 1.57 bits per heavy atom. The van der Waals surface area contributed by atoms with Crippen molar-refractivity contribution in [3.05, 3.63) is 29.1 Å². The number of nitrogens with two attached hydrogens (primary N) is 2. The molecule has 0 radical (unpaired) electrons. The number of aromatic amines is 1. The topological polar surface area (TPSA) is 332 Å². The molecule has 7 heterocycles. The molecule has 0 aliphatic carbocycles. The lowest BCUT2D eigenvalue weighted by atomic mass is 10.1. The van der Waals surface area contributed by atoms with E-state index in [2.05, 4.69) is 29.9 Å². The van der Waals surface area contributed by atoms with E-state index in [-0.39, 0.29) is 34.1 Å². The van der Waals surface area contributed by atoms with E-state index < -0.39 is 89.6 Å². The second-order valence-corrected chi connectivity index (χ2v) is 13.0. The summed E-state index contributed by atoms with van der Waals surface area (Å²) in [6.07, 6.45) is -12.7. The third-order valence-electron chi connectivity index (χ3n) is 7.35. The van der Waals surface area contributed by atoms with E-state index in [9.17, 15) is 38.3 Å². The molecule has 2 bridgehead atoms. The Balaban J connectivity index is 1.21. The van der Waals surface area contributed by atoms with Crippen molar-refractivity contribution >= 4 is 49.7 Å². The van der Waals surface area contributed by atoms with E-state index in [1.165, 1.54) is 0 Å². The van der Waals surface area contributed by atoms with Gasteiger partial charge in [0.1, 0.15) is 36.6 Å². The van der Waals surface area contributed by atoms with Crippen molar-refractivity contribution in [2.45, 2.75) is 49.1 Å². The molecule has 3 aliphatic heterocycles. The fourth-order valence-electron chi connectivity index (χ4n) is 5.33. The molecule has 7 rings (SSSR count). The molecule has 4 aromatic heterocycles. The molecule has 0 amide bonds. The number of aliphatic hydroxyl groups excluding tert-OH is 2. The lowest BCUT2D eigenvalue weighted by molar-refractivity contribution is -0.237. The number of ether oxygens (including phenoxy) is 2. The maximum atomic E-state index is 13.9. The quantitative estimate of drug-likeness (QED) is 0.0910. The number of fused-ring (bicyclic) bond motifs is 5. The Kier molecular flexibility index (Phi) is 7.47. The van der Waals surface area contributed by atoms with Gasteiger partial charge in [0.05, 0.1) is 25.9 Å². The molecule has 2 unspecified atom stereocenters. The summed E-state index contributed by atoms with van der Waals surface area (Å²) in [6, 6.07) is 0. The zero-order valence-corrected chi connectivity index (χ0v) is 24.5. The monoisotopic (exact) mass is 691 g/mol. The molecule has 0 aromatic carbocycles. The van der Waals surface area contributed by atoms with Crippen molar-refractivity contribution in [3.63, 3.8) is 0 Å². The van der Waals surface area contributed by atoms with Gasteiger partial charge in [0.25, 0.3) is 13.4 Å². The van der Waals surface area contributed by atoms with Gasteiger partial charge in [0.2, 0.25) is 5.95 Å². The van der Waals surface area contributed by atoms with Gasteiger partial charge in [-0.1, -0.05) is 0 Å². The van der Waals surface area contributed by atoms with Crippen molar-refractivity contribution in [2.75, 3.05) is 24.7 Å². The normalized spacial score (nSPS) is 37.2. The van der Waals surface area contributed by atoms with Gasteiger partial charge >= 0.3 is 13.9 Å². The maximum absolute atomic E-state index is 13.9. The molecule has 3 saturated heterocycles. The van der Waals surface area contributed by atoms with E-state index in [1.807, 2.05) is 0 Å². The van der Waals surface area contributed by atoms with Crippen LogP contribution in [0.5, 0.6) is 0 Å². The standard InChI is InChI=1S/C20H23FN10O13P2/c21-19-26-13(22)7-14(27-19)30(3-24-7)17-10(33)11-6(42-17)2-40-46(37,38)44-12-9(32)5(1-39-45(35,36)43-11)41-18(12)31-4-25-8-15(31)28-20(23)29-16(8)34/h3-6,9-12,17-18,32-33H,1-2H2,(H,35,36)(H,37,38)(H2,22,26,27)(H3,23,28,29,34)/p-1/t5-,6-,9-,10-,11-,12-,17-,18-/m1/s1. The van der Waals surface area contributed by atoms with Crippen LogP contribution < -0.4 is 21.9 Å². The minimum absolute atomic E-state index is 0.0677. The summed E-state index contributed by atoms with van der Waals surface area (Å²) in [4.78, 5) is 56.9. The molecule has 3 aliphatic rings. The number of nitrogens with zero attached hydrogens (tertiary/aromatic N) is 7. The second-order valence-electron chi connectivity index (χ2n) is 10.2. The number of nitrogen functional groups attached to an aromatic ring is 2. The number of hydrogen-bond acceptors (Lipinski definition) is 19. The summed E-state index contributed by atoms with van der Waals surface area (Å²) < 4.78 is 74.0. The largest absolute Gasteiger partial charge is 0.756 e. The number of aromatic nitrogens is 8. The summed E-state index contributed by atoms with van der Waals surface area (Å²) in [5.41, 5.74) is 9.90. The van der Waals surface area contributed by atoms with Gasteiger partial charge in [-0.25, -0.2) is 14.5 Å². The first-order chi connectivity index (χ1) is 21.7. The van der Waals surface area contributed by atoms with Gasteiger partial charge < -0.3 is 50.0 Å². The summed E-state index contributed by atoms with van der Waals surface area (Å²) in [7, 11) is -10.6. The fraction of sp³-hybridized carbons (Fsp3) is 0.500. The highest BCUT2D eigenvalue weighted by atomic mass is 31.2. The van der Waals surface area contributed by atoms with Gasteiger partial charge in [0.15, 0.2) is 40.6 Å². The first-order valence-electron chi connectivity index (χ1n) is 13.1. The molecule has 8 N–H and O–H groups in total. The average molecular weight is 691 g/mol. The van der Waals surface area contributed by atoms with Gasteiger partial charge in [-0.3, -0.25) is 32.5 Å². The Morgan fingerprint density at radius 3 is 2.33 bits per heavy atom. The van der Waals surface area contributed by atoms with Crippen LogP contribution in [-0.2, 0) is 36.7 Å². The SMILES string of the molecule is Nc1nc2c(ncn2[C@@H]2O[C@@H]3COP(=O)(O)O[C@H]4[C@@H](O)[C@H](n5cnc6c(N)nc(F)nc65)O[C@@H]4COP(=O)([O-])O[C@@H]2[C@@H]3O)c(=O)[nH]1. The van der Waals surface area contributed by atoms with E-state index in [0.29, 0.717) is 0 Å². The third kappa shape index (κ3) is 5.36. The minimum atomic E-state index is -5.42. The van der Waals surface area contributed by atoms with Crippen molar-refractivity contribution in [1.82, 2.24) is 39.0 Å². The first-order valence-corrected chi connectivity index (χ1v) is 16.0. The predicted octanol–water partition coefficient (Wildman–Crippen LogP) is -2.83. The van der Waals surface area contributed by atoms with Crippen LogP contribution in [-0.4, -0.2) is 104 Å². The zero-order chi connectivity index (χ0) is 32.7. The van der Waals surface area contributed by atoms with Crippen LogP contribution in [0.4, 0.5) is 16.2 Å². The number of phosphoric acid groups is 2. The van der Waals surface area contributed by atoms with Crippen molar-refractivity contribution in [2.24, 2.45) is 0 Å². The highest BCUT2D eigenvalue weighted by Gasteiger charge is 2.53. The number of phosphoric ester groups is 2. The molecule has 10 atom stereocenters. The van der Waals surface area contributed by atoms with Crippen LogP contribution in [0.2, 0.25) is 0 Å². The van der Waals surface area contributed by atoms with Crippen molar-refractivity contribution in [3.8, 4) is 0 Å². The number of halogens is 1. The van der Waals surface area contributed by atoms with E-state index >= 15 is 0 Å². The number of nitrogens with one attached hydrogen (secondary N) is 1. The van der Waals surface area contributed by atoms with E-state index in [4.69, 9.17) is 39.0 Å². The fourth-order valence-corrected chi connectivity index (χ4v) is 7.21. The van der Waals surface area contributed by atoms with E-state index in [0.717, 1.165) is 21.8 Å². The van der Waals surface area contributed by atoms with Gasteiger partial charge in [0, 0.05) is 0 Å². The van der Waals surface area contributed by atoms with Gasteiger partial charge in [-0.2, -0.15) is 19.3 Å². The number of H-pyrrole nitrogens is 1. The van der Waals surface area contributed by atoms with Crippen molar-refractivity contribution in [1.29, 1.82) is 0 Å². The number of rotatable bonds is 2.